The second-order valence-corrected chi connectivity index (χ2v) is 4.54. The molecule has 1 nitrogen and oxygen atoms in total. The molecule has 0 bridgehead atoms. The standard InChI is InChI=1S/C13H12OS/c1-9-3-4-11(8-14)7-12(9)13-10(2)5-6-15-13/h3-8H,1-2H3. The number of aryl methyl sites for hydroxylation is 2. The summed E-state index contributed by atoms with van der Waals surface area (Å²) in [6.45, 7) is 4.17. The summed E-state index contributed by atoms with van der Waals surface area (Å²) in [4.78, 5) is 12.0. The van der Waals surface area contributed by atoms with E-state index >= 15 is 0 Å². The van der Waals surface area contributed by atoms with Gasteiger partial charge >= 0.3 is 0 Å². The Hall–Kier alpha value is -1.41. The van der Waals surface area contributed by atoms with Gasteiger partial charge in [0.15, 0.2) is 0 Å². The highest BCUT2D eigenvalue weighted by Gasteiger charge is 2.07. The maximum atomic E-state index is 10.7. The van der Waals surface area contributed by atoms with Crippen LogP contribution in [0.4, 0.5) is 0 Å². The molecule has 0 spiro atoms. The molecule has 0 saturated carbocycles. The fourth-order valence-electron chi connectivity index (χ4n) is 1.61. The van der Waals surface area contributed by atoms with Gasteiger partial charge in [-0.05, 0) is 48.1 Å². The molecule has 0 unspecified atom stereocenters. The average molecular weight is 216 g/mol. The van der Waals surface area contributed by atoms with Crippen LogP contribution in [0.2, 0.25) is 0 Å². The first-order valence-electron chi connectivity index (χ1n) is 4.82. The van der Waals surface area contributed by atoms with Gasteiger partial charge in [-0.3, -0.25) is 4.79 Å². The van der Waals surface area contributed by atoms with Crippen LogP contribution in [0.25, 0.3) is 10.4 Å². The number of carbonyl (C=O) groups excluding carboxylic acids is 1. The average Bonchev–Trinajstić information content (AvgIpc) is 2.65. The third-order valence-electron chi connectivity index (χ3n) is 2.50. The molecule has 1 heterocycles. The van der Waals surface area contributed by atoms with E-state index in [0.717, 1.165) is 11.8 Å². The number of rotatable bonds is 2. The Morgan fingerprint density at radius 3 is 2.53 bits per heavy atom. The molecule has 0 saturated heterocycles. The predicted octanol–water partition coefficient (Wildman–Crippen LogP) is 3.84. The molecule has 0 atom stereocenters. The first-order valence-corrected chi connectivity index (χ1v) is 5.70. The van der Waals surface area contributed by atoms with E-state index in [1.165, 1.54) is 21.6 Å². The molecule has 2 rings (SSSR count). The van der Waals surface area contributed by atoms with Crippen molar-refractivity contribution in [1.82, 2.24) is 0 Å². The summed E-state index contributed by atoms with van der Waals surface area (Å²) in [5.41, 5.74) is 4.40. The third kappa shape index (κ3) is 1.85. The first-order chi connectivity index (χ1) is 7.22. The van der Waals surface area contributed by atoms with Crippen LogP contribution < -0.4 is 0 Å². The van der Waals surface area contributed by atoms with E-state index < -0.39 is 0 Å². The van der Waals surface area contributed by atoms with Crippen LogP contribution in [0.5, 0.6) is 0 Å². The minimum absolute atomic E-state index is 0.739. The van der Waals surface area contributed by atoms with E-state index in [9.17, 15) is 4.79 Å². The SMILES string of the molecule is Cc1ccc(C=O)cc1-c1sccc1C. The number of thiophene rings is 1. The lowest BCUT2D eigenvalue weighted by Crippen LogP contribution is -1.86. The number of carbonyl (C=O) groups is 1. The topological polar surface area (TPSA) is 17.1 Å². The summed E-state index contributed by atoms with van der Waals surface area (Å²) < 4.78 is 0. The second kappa shape index (κ2) is 3.99. The van der Waals surface area contributed by atoms with Gasteiger partial charge in [-0.1, -0.05) is 12.1 Å². The maximum Gasteiger partial charge on any atom is 0.150 e. The van der Waals surface area contributed by atoms with Gasteiger partial charge in [0.1, 0.15) is 6.29 Å². The van der Waals surface area contributed by atoms with Crippen LogP contribution >= 0.6 is 11.3 Å². The Morgan fingerprint density at radius 2 is 1.93 bits per heavy atom. The maximum absolute atomic E-state index is 10.7. The quantitative estimate of drug-likeness (QED) is 0.697. The molecule has 0 aliphatic heterocycles. The lowest BCUT2D eigenvalue weighted by atomic mass is 10.0. The van der Waals surface area contributed by atoms with Gasteiger partial charge in [0.25, 0.3) is 0 Å². The minimum atomic E-state index is 0.739. The van der Waals surface area contributed by atoms with Gasteiger partial charge in [-0.25, -0.2) is 0 Å². The molecule has 2 aromatic rings. The Labute approximate surface area is 93.4 Å². The van der Waals surface area contributed by atoms with Crippen molar-refractivity contribution in [3.05, 3.63) is 46.3 Å². The Morgan fingerprint density at radius 1 is 1.13 bits per heavy atom. The Bertz CT molecular complexity index is 497. The van der Waals surface area contributed by atoms with Crippen LogP contribution in [0.3, 0.4) is 0 Å². The van der Waals surface area contributed by atoms with E-state index in [4.69, 9.17) is 0 Å². The summed E-state index contributed by atoms with van der Waals surface area (Å²) in [5, 5.41) is 2.08. The molecule has 15 heavy (non-hydrogen) atoms. The molecular formula is C13H12OS. The molecule has 2 heteroatoms. The van der Waals surface area contributed by atoms with Crippen LogP contribution in [-0.2, 0) is 0 Å². The van der Waals surface area contributed by atoms with Crippen molar-refractivity contribution >= 4 is 17.6 Å². The molecule has 76 valence electrons. The van der Waals surface area contributed by atoms with E-state index in [-0.39, 0.29) is 0 Å². The lowest BCUT2D eigenvalue weighted by Gasteiger charge is -2.05. The molecule has 0 N–H and O–H groups in total. The molecule has 0 aliphatic carbocycles. The number of benzene rings is 1. The molecule has 0 aliphatic rings. The predicted molar refractivity (Wildman–Crippen MR) is 64.6 cm³/mol. The monoisotopic (exact) mass is 216 g/mol. The fourth-order valence-corrected chi connectivity index (χ4v) is 2.62. The summed E-state index contributed by atoms with van der Waals surface area (Å²) in [6.07, 6.45) is 0.895. The van der Waals surface area contributed by atoms with Crippen molar-refractivity contribution in [2.45, 2.75) is 13.8 Å². The minimum Gasteiger partial charge on any atom is -0.298 e. The van der Waals surface area contributed by atoms with Crippen LogP contribution in [0.15, 0.2) is 29.6 Å². The highest BCUT2D eigenvalue weighted by atomic mass is 32.1. The van der Waals surface area contributed by atoms with Crippen molar-refractivity contribution in [1.29, 1.82) is 0 Å². The lowest BCUT2D eigenvalue weighted by molar-refractivity contribution is 0.112. The van der Waals surface area contributed by atoms with Crippen LogP contribution in [-0.4, -0.2) is 6.29 Å². The fraction of sp³-hybridized carbons (Fsp3) is 0.154. The Balaban J connectivity index is 2.61. The van der Waals surface area contributed by atoms with Gasteiger partial charge in [0, 0.05) is 10.4 Å². The molecular weight excluding hydrogens is 204 g/mol. The third-order valence-corrected chi connectivity index (χ3v) is 3.55. The van der Waals surface area contributed by atoms with Gasteiger partial charge in [0.2, 0.25) is 0 Å². The highest BCUT2D eigenvalue weighted by molar-refractivity contribution is 7.13. The summed E-state index contributed by atoms with van der Waals surface area (Å²) >= 11 is 1.72. The molecule has 1 aromatic heterocycles. The summed E-state index contributed by atoms with van der Waals surface area (Å²) in [5.74, 6) is 0. The second-order valence-electron chi connectivity index (χ2n) is 3.62. The number of aldehydes is 1. The van der Waals surface area contributed by atoms with Crippen molar-refractivity contribution < 1.29 is 4.79 Å². The van der Waals surface area contributed by atoms with Gasteiger partial charge in [0.05, 0.1) is 0 Å². The molecule has 0 fully saturated rings. The number of hydrogen-bond acceptors (Lipinski definition) is 2. The zero-order chi connectivity index (χ0) is 10.8. The van der Waals surface area contributed by atoms with E-state index in [1.54, 1.807) is 11.3 Å². The van der Waals surface area contributed by atoms with Crippen LogP contribution in [0, 0.1) is 13.8 Å². The summed E-state index contributed by atoms with van der Waals surface area (Å²) in [6, 6.07) is 7.92. The smallest absolute Gasteiger partial charge is 0.150 e. The summed E-state index contributed by atoms with van der Waals surface area (Å²) in [7, 11) is 0. The Kier molecular flexibility index (Phi) is 2.69. The molecule has 1 aromatic carbocycles. The van der Waals surface area contributed by atoms with E-state index in [2.05, 4.69) is 25.3 Å². The van der Waals surface area contributed by atoms with Crippen molar-refractivity contribution in [2.75, 3.05) is 0 Å². The van der Waals surface area contributed by atoms with Crippen LogP contribution in [0.1, 0.15) is 21.5 Å². The van der Waals surface area contributed by atoms with Crippen molar-refractivity contribution in [3.63, 3.8) is 0 Å². The molecule has 0 amide bonds. The van der Waals surface area contributed by atoms with E-state index in [0.29, 0.717) is 0 Å². The molecule has 0 radical (unpaired) electrons. The normalized spacial score (nSPS) is 10.3. The van der Waals surface area contributed by atoms with Gasteiger partial charge in [-0.2, -0.15) is 0 Å². The van der Waals surface area contributed by atoms with E-state index in [1.807, 2.05) is 18.2 Å². The zero-order valence-corrected chi connectivity index (χ0v) is 9.60. The first kappa shape index (κ1) is 10.1. The number of hydrogen-bond donors (Lipinski definition) is 0. The largest absolute Gasteiger partial charge is 0.298 e. The van der Waals surface area contributed by atoms with Crippen molar-refractivity contribution in [3.8, 4) is 10.4 Å². The van der Waals surface area contributed by atoms with Crippen molar-refractivity contribution in [2.24, 2.45) is 0 Å². The van der Waals surface area contributed by atoms with Gasteiger partial charge in [-0.15, -0.1) is 11.3 Å². The zero-order valence-electron chi connectivity index (χ0n) is 8.78. The van der Waals surface area contributed by atoms with Gasteiger partial charge < -0.3 is 0 Å². The highest BCUT2D eigenvalue weighted by Crippen LogP contribution is 2.31.